The molecule has 0 aromatic heterocycles. The number of ketones is 3. The van der Waals surface area contributed by atoms with Crippen LogP contribution in [0.5, 0.6) is 0 Å². The molecular weight excluding hydrogens is 392 g/mol. The van der Waals surface area contributed by atoms with Crippen LogP contribution in [0.3, 0.4) is 0 Å². The average Bonchev–Trinajstić information content (AvgIpc) is 2.76. The molecule has 1 unspecified atom stereocenters. The van der Waals surface area contributed by atoms with Crippen molar-refractivity contribution in [3.63, 3.8) is 0 Å². The Morgan fingerprint density at radius 1 is 0.871 bits per heavy atom. The molecule has 180 valence electrons. The first-order chi connectivity index (χ1) is 14.6. The number of Topliss-reactive ketones (excluding diaryl/α,β-unsaturated/α-hetero) is 3. The predicted molar refractivity (Wildman–Crippen MR) is 131 cm³/mol. The first-order valence-electron chi connectivity index (χ1n) is 11.2. The lowest BCUT2D eigenvalue weighted by atomic mass is 9.93. The van der Waals surface area contributed by atoms with Crippen LogP contribution >= 0.6 is 0 Å². The van der Waals surface area contributed by atoms with E-state index in [4.69, 9.17) is 11.5 Å². The highest BCUT2D eigenvalue weighted by Gasteiger charge is 2.16. The maximum Gasteiger partial charge on any atom is 0.224 e. The number of amides is 1. The van der Waals surface area contributed by atoms with Crippen LogP contribution in [0.2, 0.25) is 0 Å². The number of rotatable bonds is 8. The van der Waals surface area contributed by atoms with Crippen molar-refractivity contribution >= 4 is 23.3 Å². The summed E-state index contributed by atoms with van der Waals surface area (Å²) < 4.78 is 0. The zero-order chi connectivity index (χ0) is 25.2. The van der Waals surface area contributed by atoms with Crippen LogP contribution in [0.4, 0.5) is 0 Å². The van der Waals surface area contributed by atoms with Gasteiger partial charge in [0.2, 0.25) is 5.91 Å². The molecule has 0 saturated heterocycles. The smallest absolute Gasteiger partial charge is 0.224 e. The van der Waals surface area contributed by atoms with Crippen LogP contribution in [0.25, 0.3) is 0 Å². The minimum Gasteiger partial charge on any atom is -0.369 e. The van der Waals surface area contributed by atoms with Gasteiger partial charge in [0, 0.05) is 19.8 Å². The van der Waals surface area contributed by atoms with Crippen molar-refractivity contribution in [2.75, 3.05) is 6.54 Å². The van der Waals surface area contributed by atoms with Gasteiger partial charge >= 0.3 is 0 Å². The number of nitrogens with two attached hydrogens (primary N) is 2. The number of primary amides is 1. The first-order valence-corrected chi connectivity index (χ1v) is 11.2. The van der Waals surface area contributed by atoms with Gasteiger partial charge in [-0.2, -0.15) is 0 Å². The Labute approximate surface area is 190 Å². The SMILES string of the molecule is CC.CCC(=O)C(C)=O.CCC(C)=O.CCCCC(C(N)=O)c1ccccc1.CCN. The minimum atomic E-state index is -0.345. The Morgan fingerprint density at radius 3 is 1.52 bits per heavy atom. The maximum absolute atomic E-state index is 11.2. The molecule has 1 rings (SSSR count). The van der Waals surface area contributed by atoms with E-state index in [1.807, 2.05) is 58.0 Å². The second kappa shape index (κ2) is 27.7. The van der Waals surface area contributed by atoms with Gasteiger partial charge in [-0.05, 0) is 25.5 Å². The standard InChI is InChI=1S/C12H17NO.C5H8O2.C4H8O.C2H7N.C2H6/c1-2-3-9-11(12(13)14)10-7-5-4-6-8-10;1-3-5(7)4(2)6;1-3-4(2)5;1-2-3;1-2/h4-8,11H,2-3,9H2,1H3,(H2,13,14);3H2,1-2H3;3H2,1-2H3;2-3H2,1H3;1-2H3. The van der Waals surface area contributed by atoms with Crippen LogP contribution in [0.15, 0.2) is 30.3 Å². The molecule has 0 heterocycles. The topological polar surface area (TPSA) is 120 Å². The van der Waals surface area contributed by atoms with Crippen LogP contribution < -0.4 is 11.5 Å². The van der Waals surface area contributed by atoms with Crippen molar-refractivity contribution in [1.82, 2.24) is 0 Å². The summed E-state index contributed by atoms with van der Waals surface area (Å²) in [4.78, 5) is 41.2. The molecule has 0 fully saturated rings. The molecule has 0 spiro atoms. The highest BCUT2D eigenvalue weighted by atomic mass is 16.2. The summed E-state index contributed by atoms with van der Waals surface area (Å²) in [5, 5.41) is 0. The third-order valence-corrected chi connectivity index (χ3v) is 3.60. The van der Waals surface area contributed by atoms with E-state index in [0.717, 1.165) is 31.4 Å². The molecule has 0 bridgehead atoms. The quantitative estimate of drug-likeness (QED) is 0.555. The molecular formula is C25H46N2O4. The lowest BCUT2D eigenvalue weighted by Gasteiger charge is -2.12. The molecule has 4 N–H and O–H groups in total. The van der Waals surface area contributed by atoms with E-state index in [9.17, 15) is 19.2 Å². The molecule has 1 amide bonds. The molecule has 31 heavy (non-hydrogen) atoms. The van der Waals surface area contributed by atoms with Gasteiger partial charge in [0.1, 0.15) is 5.78 Å². The largest absolute Gasteiger partial charge is 0.369 e. The zero-order valence-electron chi connectivity index (χ0n) is 21.0. The van der Waals surface area contributed by atoms with E-state index in [-0.39, 0.29) is 29.2 Å². The molecule has 1 aromatic rings. The molecule has 6 heteroatoms. The van der Waals surface area contributed by atoms with Crippen molar-refractivity contribution in [3.8, 4) is 0 Å². The fourth-order valence-corrected chi connectivity index (χ4v) is 1.82. The van der Waals surface area contributed by atoms with E-state index >= 15 is 0 Å². The van der Waals surface area contributed by atoms with Crippen molar-refractivity contribution in [2.45, 2.75) is 93.4 Å². The van der Waals surface area contributed by atoms with Gasteiger partial charge in [-0.15, -0.1) is 0 Å². The second-order valence-corrected chi connectivity index (χ2v) is 6.30. The summed E-state index contributed by atoms with van der Waals surface area (Å²) in [7, 11) is 0. The number of unbranched alkanes of at least 4 members (excludes halogenated alkanes) is 1. The zero-order valence-corrected chi connectivity index (χ0v) is 21.0. The van der Waals surface area contributed by atoms with E-state index in [1.54, 1.807) is 13.8 Å². The Hall–Kier alpha value is -2.34. The van der Waals surface area contributed by atoms with E-state index in [2.05, 4.69) is 6.92 Å². The van der Waals surface area contributed by atoms with Gasteiger partial charge in [-0.1, -0.05) is 84.7 Å². The van der Waals surface area contributed by atoms with Crippen LogP contribution in [0, 0.1) is 0 Å². The summed E-state index contributed by atoms with van der Waals surface area (Å²) in [6.45, 7) is 15.2. The fourth-order valence-electron chi connectivity index (χ4n) is 1.82. The summed E-state index contributed by atoms with van der Waals surface area (Å²) in [6.07, 6.45) is 3.99. The first kappa shape index (κ1) is 36.1. The van der Waals surface area contributed by atoms with Crippen molar-refractivity contribution in [1.29, 1.82) is 0 Å². The normalized spacial score (nSPS) is 9.45. The van der Waals surface area contributed by atoms with Crippen molar-refractivity contribution in [2.24, 2.45) is 11.5 Å². The Morgan fingerprint density at radius 2 is 1.29 bits per heavy atom. The predicted octanol–water partition coefficient (Wildman–Crippen LogP) is 4.98. The Bertz CT molecular complexity index is 572. The summed E-state index contributed by atoms with van der Waals surface area (Å²) >= 11 is 0. The summed E-state index contributed by atoms with van der Waals surface area (Å²) in [5.41, 5.74) is 11.3. The third-order valence-electron chi connectivity index (χ3n) is 3.60. The summed E-state index contributed by atoms with van der Waals surface area (Å²) in [5.74, 6) is -0.715. The number of carbonyl (C=O) groups excluding carboxylic acids is 4. The van der Waals surface area contributed by atoms with Gasteiger partial charge in [0.15, 0.2) is 11.6 Å². The lowest BCUT2D eigenvalue weighted by molar-refractivity contribution is -0.135. The number of benzene rings is 1. The van der Waals surface area contributed by atoms with Crippen molar-refractivity contribution in [3.05, 3.63) is 35.9 Å². The fraction of sp³-hybridized carbons (Fsp3) is 0.600. The van der Waals surface area contributed by atoms with Crippen molar-refractivity contribution < 1.29 is 19.2 Å². The Balaban J connectivity index is -0.000000180. The molecule has 0 aliphatic heterocycles. The summed E-state index contributed by atoms with van der Waals surface area (Å²) in [6, 6.07) is 9.76. The maximum atomic E-state index is 11.2. The van der Waals surface area contributed by atoms with Crippen LogP contribution in [-0.4, -0.2) is 29.8 Å². The average molecular weight is 439 g/mol. The molecule has 1 aromatic carbocycles. The van der Waals surface area contributed by atoms with E-state index in [1.165, 1.54) is 6.92 Å². The third kappa shape index (κ3) is 27.7. The van der Waals surface area contributed by atoms with E-state index < -0.39 is 0 Å². The van der Waals surface area contributed by atoms with Gasteiger partial charge in [-0.25, -0.2) is 0 Å². The van der Waals surface area contributed by atoms with Crippen LogP contribution in [0.1, 0.15) is 99.0 Å². The minimum absolute atomic E-state index is 0.115. The van der Waals surface area contributed by atoms with Gasteiger partial charge in [0.25, 0.3) is 0 Å². The highest BCUT2D eigenvalue weighted by molar-refractivity contribution is 6.36. The monoisotopic (exact) mass is 438 g/mol. The Kier molecular flexibility index (Phi) is 32.2. The molecule has 0 aliphatic carbocycles. The van der Waals surface area contributed by atoms with Gasteiger partial charge in [-0.3, -0.25) is 14.4 Å². The number of hydrogen-bond donors (Lipinski definition) is 2. The molecule has 6 nitrogen and oxygen atoms in total. The van der Waals surface area contributed by atoms with Crippen LogP contribution in [-0.2, 0) is 19.2 Å². The molecule has 0 aliphatic rings. The number of hydrogen-bond acceptors (Lipinski definition) is 5. The highest BCUT2D eigenvalue weighted by Crippen LogP contribution is 2.21. The molecule has 0 radical (unpaired) electrons. The van der Waals surface area contributed by atoms with Gasteiger partial charge < -0.3 is 16.3 Å². The second-order valence-electron chi connectivity index (χ2n) is 6.30. The van der Waals surface area contributed by atoms with Gasteiger partial charge in [0.05, 0.1) is 5.92 Å². The van der Waals surface area contributed by atoms with E-state index in [0.29, 0.717) is 12.8 Å². The number of carbonyl (C=O) groups is 4. The molecule has 1 atom stereocenters. The molecule has 0 saturated carbocycles. The lowest BCUT2D eigenvalue weighted by Crippen LogP contribution is -2.21.